The second-order valence-electron chi connectivity index (χ2n) is 3.53. The maximum atomic E-state index is 11.4. The summed E-state index contributed by atoms with van der Waals surface area (Å²) in [5.74, 6) is -0.413. The molecule has 0 bridgehead atoms. The van der Waals surface area contributed by atoms with Crippen molar-refractivity contribution in [1.82, 2.24) is 5.32 Å². The lowest BCUT2D eigenvalue weighted by molar-refractivity contribution is -0.140. The Hall–Kier alpha value is -1.10. The van der Waals surface area contributed by atoms with Gasteiger partial charge in [0.05, 0.1) is 19.6 Å². The largest absolute Gasteiger partial charge is 0.469 e. The average molecular weight is 216 g/mol. The van der Waals surface area contributed by atoms with Crippen molar-refractivity contribution < 1.29 is 14.3 Å². The van der Waals surface area contributed by atoms with Gasteiger partial charge in [0.25, 0.3) is 0 Å². The maximum absolute atomic E-state index is 11.4. The fraction of sp³-hybridized carbons (Fsp3) is 0.800. The lowest BCUT2D eigenvalue weighted by Crippen LogP contribution is -2.45. The molecule has 0 radical (unpaired) electrons. The van der Waals surface area contributed by atoms with E-state index in [9.17, 15) is 9.59 Å². The highest BCUT2D eigenvalue weighted by molar-refractivity contribution is 5.82. The molecule has 5 heteroatoms. The van der Waals surface area contributed by atoms with Crippen LogP contribution in [0.5, 0.6) is 0 Å². The van der Waals surface area contributed by atoms with E-state index in [1.54, 1.807) is 0 Å². The molecule has 3 N–H and O–H groups in total. The van der Waals surface area contributed by atoms with Crippen molar-refractivity contribution in [3.8, 4) is 0 Å². The summed E-state index contributed by atoms with van der Waals surface area (Å²) in [5.41, 5.74) is 5.69. The Kier molecular flexibility index (Phi) is 6.70. The van der Waals surface area contributed by atoms with Gasteiger partial charge in [0, 0.05) is 6.54 Å². The first-order chi connectivity index (χ1) is 7.02. The lowest BCUT2D eigenvalue weighted by Gasteiger charge is -2.17. The van der Waals surface area contributed by atoms with Gasteiger partial charge in [0.15, 0.2) is 0 Å². The Labute approximate surface area is 90.4 Å². The number of methoxy groups -OCH3 is 1. The molecule has 0 fully saturated rings. The first kappa shape index (κ1) is 13.9. The van der Waals surface area contributed by atoms with Crippen molar-refractivity contribution in [1.29, 1.82) is 0 Å². The van der Waals surface area contributed by atoms with E-state index in [0.717, 1.165) is 6.42 Å². The van der Waals surface area contributed by atoms with Gasteiger partial charge in [-0.15, -0.1) is 0 Å². The molecule has 0 rings (SSSR count). The number of hydrogen-bond acceptors (Lipinski definition) is 4. The summed E-state index contributed by atoms with van der Waals surface area (Å²) in [6.07, 6.45) is 1.03. The summed E-state index contributed by atoms with van der Waals surface area (Å²) >= 11 is 0. The van der Waals surface area contributed by atoms with Crippen molar-refractivity contribution in [3.63, 3.8) is 0 Å². The third-order valence-electron chi connectivity index (χ3n) is 2.42. The number of carbonyl (C=O) groups excluding carboxylic acids is 2. The third kappa shape index (κ3) is 5.37. The van der Waals surface area contributed by atoms with Crippen molar-refractivity contribution in [2.75, 3.05) is 13.7 Å². The van der Waals surface area contributed by atoms with Crippen LogP contribution < -0.4 is 11.1 Å². The number of rotatable bonds is 6. The molecule has 1 amide bonds. The molecule has 88 valence electrons. The minimum atomic E-state index is -0.507. The maximum Gasteiger partial charge on any atom is 0.307 e. The van der Waals surface area contributed by atoms with Gasteiger partial charge in [-0.1, -0.05) is 20.3 Å². The van der Waals surface area contributed by atoms with E-state index in [0.29, 0.717) is 0 Å². The van der Waals surface area contributed by atoms with Crippen LogP contribution in [0.3, 0.4) is 0 Å². The van der Waals surface area contributed by atoms with Crippen LogP contribution >= 0.6 is 0 Å². The van der Waals surface area contributed by atoms with Crippen LogP contribution in [0, 0.1) is 5.92 Å². The van der Waals surface area contributed by atoms with Crippen molar-refractivity contribution in [3.05, 3.63) is 0 Å². The van der Waals surface area contributed by atoms with Crippen LogP contribution in [0.2, 0.25) is 0 Å². The van der Waals surface area contributed by atoms with Gasteiger partial charge in [-0.3, -0.25) is 9.59 Å². The number of amides is 1. The van der Waals surface area contributed by atoms with Gasteiger partial charge in [-0.05, 0) is 5.92 Å². The average Bonchev–Trinajstić information content (AvgIpc) is 2.26. The van der Waals surface area contributed by atoms with Crippen LogP contribution in [0.15, 0.2) is 0 Å². The Morgan fingerprint density at radius 3 is 2.53 bits per heavy atom. The second-order valence-corrected chi connectivity index (χ2v) is 3.53. The summed E-state index contributed by atoms with van der Waals surface area (Å²) < 4.78 is 4.44. The van der Waals surface area contributed by atoms with E-state index in [2.05, 4.69) is 10.1 Å². The first-order valence-corrected chi connectivity index (χ1v) is 5.13. The fourth-order valence-corrected chi connectivity index (χ4v) is 1.02. The molecule has 5 nitrogen and oxygen atoms in total. The number of esters is 1. The Morgan fingerprint density at radius 2 is 2.07 bits per heavy atom. The molecule has 2 unspecified atom stereocenters. The van der Waals surface area contributed by atoms with Crippen LogP contribution in [-0.4, -0.2) is 31.6 Å². The molecule has 0 saturated heterocycles. The van der Waals surface area contributed by atoms with E-state index in [1.807, 2.05) is 13.8 Å². The minimum Gasteiger partial charge on any atom is -0.469 e. The molecular formula is C10H20N2O3. The fourth-order valence-electron chi connectivity index (χ4n) is 1.02. The highest BCUT2D eigenvalue weighted by Gasteiger charge is 2.18. The monoisotopic (exact) mass is 216 g/mol. The zero-order valence-corrected chi connectivity index (χ0v) is 9.58. The molecule has 0 saturated carbocycles. The number of carbonyl (C=O) groups is 2. The summed E-state index contributed by atoms with van der Waals surface area (Å²) in [6, 6.07) is -0.507. The third-order valence-corrected chi connectivity index (χ3v) is 2.42. The van der Waals surface area contributed by atoms with Gasteiger partial charge in [-0.2, -0.15) is 0 Å². The minimum absolute atomic E-state index is 0.142. The summed E-state index contributed by atoms with van der Waals surface area (Å²) in [4.78, 5) is 22.2. The Balaban J connectivity index is 3.78. The predicted octanol–water partition coefficient (Wildman–Crippen LogP) is 0.0391. The molecule has 0 heterocycles. The molecule has 2 atom stereocenters. The highest BCUT2D eigenvalue weighted by Crippen LogP contribution is 2.04. The number of hydrogen-bond donors (Lipinski definition) is 2. The second kappa shape index (κ2) is 7.23. The molecule has 0 aromatic carbocycles. The van der Waals surface area contributed by atoms with Crippen LogP contribution in [-0.2, 0) is 14.3 Å². The Morgan fingerprint density at radius 1 is 1.47 bits per heavy atom. The van der Waals surface area contributed by atoms with Gasteiger partial charge < -0.3 is 15.8 Å². The first-order valence-electron chi connectivity index (χ1n) is 5.13. The summed E-state index contributed by atoms with van der Waals surface area (Å²) in [5, 5.41) is 2.60. The van der Waals surface area contributed by atoms with Gasteiger partial charge in [0.2, 0.25) is 5.91 Å². The van der Waals surface area contributed by atoms with Crippen LogP contribution in [0.1, 0.15) is 26.7 Å². The molecule has 0 aromatic rings. The lowest BCUT2D eigenvalue weighted by atomic mass is 9.99. The van der Waals surface area contributed by atoms with Crippen LogP contribution in [0.25, 0.3) is 0 Å². The topological polar surface area (TPSA) is 81.4 Å². The van der Waals surface area contributed by atoms with E-state index in [-0.39, 0.29) is 30.8 Å². The van der Waals surface area contributed by atoms with E-state index >= 15 is 0 Å². The molecule has 0 aromatic heterocycles. The number of nitrogens with two attached hydrogens (primary N) is 1. The quantitative estimate of drug-likeness (QED) is 0.614. The van der Waals surface area contributed by atoms with Crippen molar-refractivity contribution in [2.24, 2.45) is 11.7 Å². The molecular weight excluding hydrogens is 196 g/mol. The Bertz CT molecular complexity index is 219. The molecule has 0 aliphatic rings. The zero-order valence-electron chi connectivity index (χ0n) is 9.58. The van der Waals surface area contributed by atoms with E-state index in [1.165, 1.54) is 7.11 Å². The molecule has 0 aliphatic carbocycles. The van der Waals surface area contributed by atoms with Crippen molar-refractivity contribution in [2.45, 2.75) is 32.7 Å². The molecule has 0 spiro atoms. The standard InChI is InChI=1S/C10H20N2O3/c1-4-7(2)9(11)10(14)12-6-5-8(13)15-3/h7,9H,4-6,11H2,1-3H3,(H,12,14). The normalized spacial score (nSPS) is 14.1. The molecule has 0 aliphatic heterocycles. The van der Waals surface area contributed by atoms with Crippen molar-refractivity contribution >= 4 is 11.9 Å². The molecule has 15 heavy (non-hydrogen) atoms. The van der Waals surface area contributed by atoms with E-state index < -0.39 is 6.04 Å². The SMILES string of the molecule is CCC(C)C(N)C(=O)NCCC(=O)OC. The summed E-state index contributed by atoms with van der Waals surface area (Å²) in [7, 11) is 1.31. The number of nitrogens with one attached hydrogen (secondary N) is 1. The number of ether oxygens (including phenoxy) is 1. The van der Waals surface area contributed by atoms with Gasteiger partial charge in [-0.25, -0.2) is 0 Å². The van der Waals surface area contributed by atoms with Gasteiger partial charge in [0.1, 0.15) is 0 Å². The zero-order chi connectivity index (χ0) is 11.8. The van der Waals surface area contributed by atoms with Gasteiger partial charge >= 0.3 is 5.97 Å². The predicted molar refractivity (Wildman–Crippen MR) is 57.1 cm³/mol. The van der Waals surface area contributed by atoms with Crippen LogP contribution in [0.4, 0.5) is 0 Å². The van der Waals surface area contributed by atoms with E-state index in [4.69, 9.17) is 5.73 Å². The highest BCUT2D eigenvalue weighted by atomic mass is 16.5. The smallest absolute Gasteiger partial charge is 0.307 e. The summed E-state index contributed by atoms with van der Waals surface area (Å²) in [6.45, 7) is 4.17.